The molecular formula is C25H26N2O4S. The van der Waals surface area contributed by atoms with Gasteiger partial charge in [-0.2, -0.15) is 0 Å². The Balaban J connectivity index is 1.78. The van der Waals surface area contributed by atoms with Crippen molar-refractivity contribution in [3.63, 3.8) is 0 Å². The van der Waals surface area contributed by atoms with Crippen LogP contribution < -0.4 is 10.1 Å². The van der Waals surface area contributed by atoms with Crippen molar-refractivity contribution in [2.45, 2.75) is 18.9 Å². The average molecular weight is 451 g/mol. The minimum Gasteiger partial charge on any atom is -0.492 e. The van der Waals surface area contributed by atoms with Crippen molar-refractivity contribution in [1.29, 1.82) is 0 Å². The number of rotatable bonds is 8. The quantitative estimate of drug-likeness (QED) is 0.540. The Morgan fingerprint density at radius 2 is 1.88 bits per heavy atom. The van der Waals surface area contributed by atoms with E-state index in [0.717, 1.165) is 10.4 Å². The molecule has 1 aliphatic heterocycles. The summed E-state index contributed by atoms with van der Waals surface area (Å²) in [5, 5.41) is 5.03. The monoisotopic (exact) mass is 450 g/mol. The molecule has 1 aliphatic rings. The first-order valence-corrected chi connectivity index (χ1v) is 11.5. The smallest absolute Gasteiger partial charge is 0.254 e. The zero-order valence-corrected chi connectivity index (χ0v) is 18.9. The first kappa shape index (κ1) is 22.0. The van der Waals surface area contributed by atoms with Crippen LogP contribution in [0.3, 0.4) is 0 Å². The maximum atomic E-state index is 13.8. The van der Waals surface area contributed by atoms with Gasteiger partial charge in [0, 0.05) is 24.1 Å². The lowest BCUT2D eigenvalue weighted by atomic mass is 9.81. The summed E-state index contributed by atoms with van der Waals surface area (Å²) in [4.78, 5) is 29.9. The van der Waals surface area contributed by atoms with Crippen LogP contribution in [0.25, 0.3) is 0 Å². The van der Waals surface area contributed by atoms with Gasteiger partial charge < -0.3 is 19.7 Å². The first-order valence-electron chi connectivity index (χ1n) is 10.6. The van der Waals surface area contributed by atoms with Crippen molar-refractivity contribution in [2.75, 3.05) is 32.2 Å². The van der Waals surface area contributed by atoms with Gasteiger partial charge in [-0.05, 0) is 42.1 Å². The van der Waals surface area contributed by atoms with Crippen LogP contribution in [0.2, 0.25) is 0 Å². The maximum absolute atomic E-state index is 13.8. The summed E-state index contributed by atoms with van der Waals surface area (Å²) in [6.45, 7) is 3.18. The molecule has 0 bridgehead atoms. The second-order valence-electron chi connectivity index (χ2n) is 7.43. The summed E-state index contributed by atoms with van der Waals surface area (Å²) in [5.41, 5.74) is 1.90. The Morgan fingerprint density at radius 3 is 2.62 bits per heavy atom. The zero-order valence-electron chi connectivity index (χ0n) is 18.1. The zero-order chi connectivity index (χ0) is 22.5. The summed E-state index contributed by atoms with van der Waals surface area (Å²) < 4.78 is 11.0. The number of hydrogen-bond donors (Lipinski definition) is 1. The Hall–Kier alpha value is -3.16. The standard InChI is InChI=1S/C25H26N2O4S/c1-3-31-20-12-7-6-11-19(20)26-24(28)22-17-9-4-5-10-18(17)25(29)27(14-15-30-2)23(22)21-13-8-16-32-21/h4-13,16,22-23H,3,14-15H2,1-2H3,(H,26,28). The van der Waals surface area contributed by atoms with Gasteiger partial charge in [0.1, 0.15) is 5.75 Å². The van der Waals surface area contributed by atoms with Gasteiger partial charge in [-0.15, -0.1) is 11.3 Å². The van der Waals surface area contributed by atoms with Crippen molar-refractivity contribution in [3.8, 4) is 5.75 Å². The van der Waals surface area contributed by atoms with Crippen molar-refractivity contribution < 1.29 is 19.1 Å². The first-order chi connectivity index (χ1) is 15.7. The number of methoxy groups -OCH3 is 1. The second kappa shape index (κ2) is 9.97. The number of amides is 2. The van der Waals surface area contributed by atoms with Crippen molar-refractivity contribution in [1.82, 2.24) is 4.90 Å². The Morgan fingerprint density at radius 1 is 1.09 bits per heavy atom. The van der Waals surface area contributed by atoms with E-state index in [0.29, 0.717) is 36.8 Å². The highest BCUT2D eigenvalue weighted by Gasteiger charge is 2.44. The number of carbonyl (C=O) groups excluding carboxylic acids is 2. The highest BCUT2D eigenvalue weighted by molar-refractivity contribution is 7.10. The molecule has 2 atom stereocenters. The Labute approximate surface area is 191 Å². The molecule has 3 aromatic rings. The molecule has 2 unspecified atom stereocenters. The fourth-order valence-corrected chi connectivity index (χ4v) is 5.02. The molecule has 2 heterocycles. The minimum atomic E-state index is -0.575. The predicted molar refractivity (Wildman–Crippen MR) is 125 cm³/mol. The van der Waals surface area contributed by atoms with E-state index in [4.69, 9.17) is 9.47 Å². The van der Waals surface area contributed by atoms with E-state index >= 15 is 0 Å². The van der Waals surface area contributed by atoms with Crippen LogP contribution in [0, 0.1) is 0 Å². The Bertz CT molecular complexity index is 1080. The molecule has 32 heavy (non-hydrogen) atoms. The van der Waals surface area contributed by atoms with E-state index < -0.39 is 12.0 Å². The van der Waals surface area contributed by atoms with Crippen LogP contribution >= 0.6 is 11.3 Å². The maximum Gasteiger partial charge on any atom is 0.254 e. The van der Waals surface area contributed by atoms with Gasteiger partial charge >= 0.3 is 0 Å². The third-order valence-corrected chi connectivity index (χ3v) is 6.48. The molecule has 6 nitrogen and oxygen atoms in total. The number of hydrogen-bond acceptors (Lipinski definition) is 5. The van der Waals surface area contributed by atoms with E-state index in [1.807, 2.05) is 66.9 Å². The number of thiophene rings is 1. The van der Waals surface area contributed by atoms with E-state index in [9.17, 15) is 9.59 Å². The molecule has 0 saturated carbocycles. The van der Waals surface area contributed by atoms with Gasteiger partial charge in [-0.1, -0.05) is 36.4 Å². The molecule has 0 spiro atoms. The normalized spacial score (nSPS) is 17.7. The predicted octanol–water partition coefficient (Wildman–Crippen LogP) is 4.71. The number of carbonyl (C=O) groups is 2. The van der Waals surface area contributed by atoms with Gasteiger partial charge in [-0.25, -0.2) is 0 Å². The lowest BCUT2D eigenvalue weighted by Gasteiger charge is -2.41. The third-order valence-electron chi connectivity index (χ3n) is 5.54. The summed E-state index contributed by atoms with van der Waals surface area (Å²) in [6.07, 6.45) is 0. The van der Waals surface area contributed by atoms with Crippen LogP contribution in [-0.4, -0.2) is 43.6 Å². The van der Waals surface area contributed by atoms with Gasteiger partial charge in [0.15, 0.2) is 0 Å². The fourth-order valence-electron chi connectivity index (χ4n) is 4.15. The van der Waals surface area contributed by atoms with Crippen LogP contribution in [0.4, 0.5) is 5.69 Å². The lowest BCUT2D eigenvalue weighted by molar-refractivity contribution is -0.119. The van der Waals surface area contributed by atoms with Gasteiger partial charge in [0.25, 0.3) is 5.91 Å². The number of nitrogens with one attached hydrogen (secondary N) is 1. The van der Waals surface area contributed by atoms with E-state index in [1.165, 1.54) is 0 Å². The van der Waals surface area contributed by atoms with E-state index in [1.54, 1.807) is 29.4 Å². The molecule has 4 rings (SSSR count). The molecule has 2 aromatic carbocycles. The number of ether oxygens (including phenoxy) is 2. The van der Waals surface area contributed by atoms with Gasteiger partial charge in [0.05, 0.1) is 30.9 Å². The van der Waals surface area contributed by atoms with Crippen molar-refractivity contribution >= 4 is 28.8 Å². The second-order valence-corrected chi connectivity index (χ2v) is 8.41. The Kier molecular flexibility index (Phi) is 6.87. The van der Waals surface area contributed by atoms with E-state index in [2.05, 4.69) is 5.32 Å². The SMILES string of the molecule is CCOc1ccccc1NC(=O)C1c2ccccc2C(=O)N(CCOC)C1c1cccs1. The molecule has 2 amide bonds. The minimum absolute atomic E-state index is 0.0881. The largest absolute Gasteiger partial charge is 0.492 e. The average Bonchev–Trinajstić information content (AvgIpc) is 3.34. The number of para-hydroxylation sites is 2. The summed E-state index contributed by atoms with van der Waals surface area (Å²) >= 11 is 1.54. The van der Waals surface area contributed by atoms with E-state index in [-0.39, 0.29) is 11.8 Å². The summed E-state index contributed by atoms with van der Waals surface area (Å²) in [6, 6.07) is 18.2. The van der Waals surface area contributed by atoms with Crippen LogP contribution in [0.15, 0.2) is 66.0 Å². The highest BCUT2D eigenvalue weighted by Crippen LogP contribution is 2.44. The molecular weight excluding hydrogens is 424 g/mol. The van der Waals surface area contributed by atoms with Gasteiger partial charge in [-0.3, -0.25) is 9.59 Å². The number of fused-ring (bicyclic) bond motifs is 1. The van der Waals surface area contributed by atoms with Crippen LogP contribution in [0.5, 0.6) is 5.75 Å². The van der Waals surface area contributed by atoms with Crippen LogP contribution in [0.1, 0.15) is 39.7 Å². The molecule has 1 aromatic heterocycles. The number of benzene rings is 2. The molecule has 0 aliphatic carbocycles. The molecule has 0 radical (unpaired) electrons. The third kappa shape index (κ3) is 4.26. The lowest BCUT2D eigenvalue weighted by Crippen LogP contribution is -2.47. The molecule has 0 saturated heterocycles. The summed E-state index contributed by atoms with van der Waals surface area (Å²) in [7, 11) is 1.61. The molecule has 7 heteroatoms. The molecule has 1 N–H and O–H groups in total. The van der Waals surface area contributed by atoms with Gasteiger partial charge in [0.2, 0.25) is 5.91 Å². The molecule has 166 valence electrons. The number of anilines is 1. The van der Waals surface area contributed by atoms with Crippen molar-refractivity contribution in [2.24, 2.45) is 0 Å². The van der Waals surface area contributed by atoms with Crippen LogP contribution in [-0.2, 0) is 9.53 Å². The fraction of sp³-hybridized carbons (Fsp3) is 0.280. The highest BCUT2D eigenvalue weighted by atomic mass is 32.1. The molecule has 0 fully saturated rings. The number of nitrogens with zero attached hydrogens (tertiary/aromatic N) is 1. The summed E-state index contributed by atoms with van der Waals surface area (Å²) in [5.74, 6) is -0.228. The topological polar surface area (TPSA) is 67.9 Å². The van der Waals surface area contributed by atoms with Crippen molar-refractivity contribution in [3.05, 3.63) is 82.0 Å².